The molecular weight excluding hydrogens is 284 g/mol. The zero-order chi connectivity index (χ0) is 15.0. The average molecular weight is 308 g/mol. The van der Waals surface area contributed by atoms with Crippen LogP contribution in [0.25, 0.3) is 0 Å². The molecule has 2 unspecified atom stereocenters. The molecule has 2 atom stereocenters. The van der Waals surface area contributed by atoms with Gasteiger partial charge in [0.05, 0.1) is 0 Å². The second kappa shape index (κ2) is 6.07. The van der Waals surface area contributed by atoms with Crippen LogP contribution in [0, 0.1) is 6.92 Å². The number of carbonyl (C=O) groups is 1. The van der Waals surface area contributed by atoms with E-state index < -0.39 is 5.97 Å². The van der Waals surface area contributed by atoms with E-state index in [1.807, 2.05) is 13.0 Å². The van der Waals surface area contributed by atoms with Crippen LogP contribution in [-0.4, -0.2) is 41.1 Å². The summed E-state index contributed by atoms with van der Waals surface area (Å²) in [6.07, 6.45) is 6.47. The Hall–Kier alpha value is -0.910. The topological polar surface area (TPSA) is 52.6 Å². The van der Waals surface area contributed by atoms with E-state index in [0.29, 0.717) is 10.9 Å². The lowest BCUT2D eigenvalue weighted by atomic mass is 9.82. The molecule has 2 N–H and O–H groups in total. The summed E-state index contributed by atoms with van der Waals surface area (Å²) in [6.45, 7) is 2.81. The monoisotopic (exact) mass is 308 g/mol. The van der Waals surface area contributed by atoms with E-state index in [2.05, 4.69) is 17.3 Å². The molecular formula is C16H24N2O2S. The van der Waals surface area contributed by atoms with Gasteiger partial charge in [0.15, 0.2) is 0 Å². The van der Waals surface area contributed by atoms with Gasteiger partial charge in [-0.05, 0) is 51.3 Å². The molecule has 0 radical (unpaired) electrons. The van der Waals surface area contributed by atoms with Gasteiger partial charge >= 0.3 is 5.97 Å². The van der Waals surface area contributed by atoms with Crippen LogP contribution in [0.5, 0.6) is 0 Å². The molecule has 3 heterocycles. The summed E-state index contributed by atoms with van der Waals surface area (Å²) in [6, 6.07) is 3.86. The van der Waals surface area contributed by atoms with Gasteiger partial charge in [-0.3, -0.25) is 0 Å². The van der Waals surface area contributed by atoms with Crippen molar-refractivity contribution in [3.05, 3.63) is 21.4 Å². The van der Waals surface area contributed by atoms with Crippen molar-refractivity contribution in [1.29, 1.82) is 0 Å². The molecule has 4 nitrogen and oxygen atoms in total. The molecule has 0 aromatic carbocycles. The summed E-state index contributed by atoms with van der Waals surface area (Å²) in [5.41, 5.74) is 1.14. The molecule has 21 heavy (non-hydrogen) atoms. The molecule has 1 aromatic heterocycles. The van der Waals surface area contributed by atoms with Gasteiger partial charge in [0.1, 0.15) is 4.88 Å². The van der Waals surface area contributed by atoms with Crippen molar-refractivity contribution in [2.24, 2.45) is 0 Å². The van der Waals surface area contributed by atoms with Gasteiger partial charge in [0.2, 0.25) is 0 Å². The highest BCUT2D eigenvalue weighted by atomic mass is 32.1. The number of fused-ring (bicyclic) bond motifs is 2. The molecule has 2 bridgehead atoms. The van der Waals surface area contributed by atoms with E-state index in [-0.39, 0.29) is 0 Å². The van der Waals surface area contributed by atoms with Crippen LogP contribution < -0.4 is 5.32 Å². The SMILES string of the molecule is Cc1sc(C(=O)O)cc1CNC1CC2CCCC(C1)N2C. The number of carboxylic acid groups (broad SMARTS) is 1. The smallest absolute Gasteiger partial charge is 0.345 e. The highest BCUT2D eigenvalue weighted by Gasteiger charge is 2.35. The van der Waals surface area contributed by atoms with Crippen molar-refractivity contribution in [3.8, 4) is 0 Å². The van der Waals surface area contributed by atoms with Crippen LogP contribution in [0.1, 0.15) is 52.2 Å². The number of nitrogens with zero attached hydrogens (tertiary/aromatic N) is 1. The fourth-order valence-electron chi connectivity index (χ4n) is 3.84. The average Bonchev–Trinajstić information content (AvgIpc) is 2.78. The Morgan fingerprint density at radius 3 is 2.67 bits per heavy atom. The number of thiophene rings is 1. The number of aryl methyl sites for hydroxylation is 1. The lowest BCUT2D eigenvalue weighted by Gasteiger charge is -2.47. The van der Waals surface area contributed by atoms with Crippen molar-refractivity contribution in [3.63, 3.8) is 0 Å². The van der Waals surface area contributed by atoms with Crippen LogP contribution in [-0.2, 0) is 6.54 Å². The second-order valence-electron chi connectivity index (χ2n) is 6.45. The van der Waals surface area contributed by atoms with E-state index in [1.54, 1.807) is 0 Å². The number of nitrogens with one attached hydrogen (secondary N) is 1. The van der Waals surface area contributed by atoms with E-state index in [0.717, 1.165) is 29.1 Å². The summed E-state index contributed by atoms with van der Waals surface area (Å²) in [4.78, 5) is 15.2. The summed E-state index contributed by atoms with van der Waals surface area (Å²) < 4.78 is 0. The first-order valence-corrected chi connectivity index (χ1v) is 8.64. The minimum Gasteiger partial charge on any atom is -0.477 e. The maximum Gasteiger partial charge on any atom is 0.345 e. The van der Waals surface area contributed by atoms with E-state index in [1.165, 1.54) is 43.4 Å². The summed E-state index contributed by atoms with van der Waals surface area (Å²) in [5.74, 6) is -0.817. The number of rotatable bonds is 4. The zero-order valence-electron chi connectivity index (χ0n) is 12.8. The molecule has 2 saturated heterocycles. The van der Waals surface area contributed by atoms with E-state index in [4.69, 9.17) is 5.11 Å². The Bertz CT molecular complexity index is 514. The van der Waals surface area contributed by atoms with Crippen LogP contribution >= 0.6 is 11.3 Å². The third-order valence-corrected chi connectivity index (χ3v) is 6.23. The molecule has 3 rings (SSSR count). The first kappa shape index (κ1) is 15.0. The van der Waals surface area contributed by atoms with Crippen molar-refractivity contribution in [1.82, 2.24) is 10.2 Å². The van der Waals surface area contributed by atoms with Crippen molar-refractivity contribution >= 4 is 17.3 Å². The van der Waals surface area contributed by atoms with Crippen molar-refractivity contribution in [2.45, 2.75) is 63.7 Å². The lowest BCUT2D eigenvalue weighted by molar-refractivity contribution is 0.0482. The number of hydrogen-bond donors (Lipinski definition) is 2. The molecule has 0 spiro atoms. The van der Waals surface area contributed by atoms with Gasteiger partial charge in [-0.2, -0.15) is 0 Å². The molecule has 0 saturated carbocycles. The minimum absolute atomic E-state index is 0.449. The van der Waals surface area contributed by atoms with Crippen LogP contribution in [0.2, 0.25) is 0 Å². The highest BCUT2D eigenvalue weighted by Crippen LogP contribution is 2.33. The number of carboxylic acids is 1. The van der Waals surface area contributed by atoms with Gasteiger partial charge in [0, 0.05) is 29.5 Å². The summed E-state index contributed by atoms with van der Waals surface area (Å²) >= 11 is 1.38. The fourth-order valence-corrected chi connectivity index (χ4v) is 4.72. The molecule has 0 amide bonds. The Labute approximate surface area is 130 Å². The van der Waals surface area contributed by atoms with Gasteiger partial charge in [0.25, 0.3) is 0 Å². The number of aromatic carboxylic acids is 1. The predicted molar refractivity (Wildman–Crippen MR) is 85.1 cm³/mol. The van der Waals surface area contributed by atoms with Crippen molar-refractivity contribution < 1.29 is 9.90 Å². The van der Waals surface area contributed by atoms with Crippen molar-refractivity contribution in [2.75, 3.05) is 7.05 Å². The zero-order valence-corrected chi connectivity index (χ0v) is 13.6. The lowest BCUT2D eigenvalue weighted by Crippen LogP contribution is -2.54. The third-order valence-electron chi connectivity index (χ3n) is 5.15. The maximum atomic E-state index is 11.0. The van der Waals surface area contributed by atoms with Gasteiger partial charge in [-0.1, -0.05) is 6.42 Å². The molecule has 2 aliphatic rings. The molecule has 1 aromatic rings. The van der Waals surface area contributed by atoms with Crippen LogP contribution in [0.4, 0.5) is 0 Å². The highest BCUT2D eigenvalue weighted by molar-refractivity contribution is 7.14. The fraction of sp³-hybridized carbons (Fsp3) is 0.688. The minimum atomic E-state index is -0.817. The molecule has 5 heteroatoms. The summed E-state index contributed by atoms with van der Waals surface area (Å²) in [7, 11) is 2.27. The van der Waals surface area contributed by atoms with Gasteiger partial charge in [-0.25, -0.2) is 4.79 Å². The quantitative estimate of drug-likeness (QED) is 0.898. The van der Waals surface area contributed by atoms with E-state index in [9.17, 15) is 4.79 Å². The maximum absolute atomic E-state index is 11.0. The van der Waals surface area contributed by atoms with E-state index >= 15 is 0 Å². The molecule has 2 fully saturated rings. The van der Waals surface area contributed by atoms with Gasteiger partial charge < -0.3 is 15.3 Å². The Morgan fingerprint density at radius 2 is 2.10 bits per heavy atom. The number of piperidine rings is 2. The molecule has 2 aliphatic heterocycles. The molecule has 0 aliphatic carbocycles. The summed E-state index contributed by atoms with van der Waals surface area (Å²) in [5, 5.41) is 12.7. The van der Waals surface area contributed by atoms with Crippen LogP contribution in [0.15, 0.2) is 6.07 Å². The second-order valence-corrected chi connectivity index (χ2v) is 7.71. The first-order valence-electron chi connectivity index (χ1n) is 7.82. The molecule has 116 valence electrons. The van der Waals surface area contributed by atoms with Gasteiger partial charge in [-0.15, -0.1) is 11.3 Å². The first-order chi connectivity index (χ1) is 10.0. The largest absolute Gasteiger partial charge is 0.477 e. The van der Waals surface area contributed by atoms with Crippen LogP contribution in [0.3, 0.4) is 0 Å². The number of hydrogen-bond acceptors (Lipinski definition) is 4. The standard InChI is InChI=1S/C16H24N2O2S/c1-10-11(6-15(21-10)16(19)20)9-17-12-7-13-4-3-5-14(8-12)18(13)2/h6,12-14,17H,3-5,7-9H2,1-2H3,(H,19,20). The predicted octanol–water partition coefficient (Wildman–Crippen LogP) is 2.86. The third kappa shape index (κ3) is 3.15. The Balaban J connectivity index is 1.59. The Morgan fingerprint density at radius 1 is 1.43 bits per heavy atom. The Kier molecular flexibility index (Phi) is 4.33. The normalized spacial score (nSPS) is 29.5.